The zero-order valence-corrected chi connectivity index (χ0v) is 14.4. The van der Waals surface area contributed by atoms with Crippen molar-refractivity contribution in [2.75, 3.05) is 6.54 Å². The third kappa shape index (κ3) is 4.08. The Hall–Kier alpha value is -1.32. The first-order valence-corrected chi connectivity index (χ1v) is 7.98. The molecular weight excluding hydrogens is 350 g/mol. The normalized spacial score (nSPS) is 10.5. The Morgan fingerprint density at radius 1 is 1.24 bits per heavy atom. The van der Waals surface area contributed by atoms with Gasteiger partial charge < -0.3 is 4.90 Å². The highest BCUT2D eigenvalue weighted by atomic mass is 79.9. The molecule has 0 saturated heterocycles. The summed E-state index contributed by atoms with van der Waals surface area (Å²) < 4.78 is 0.738. The van der Waals surface area contributed by atoms with Gasteiger partial charge in [-0.3, -0.25) is 4.79 Å². The first-order valence-electron chi connectivity index (χ1n) is 6.81. The molecule has 0 atom stereocenters. The minimum Gasteiger partial charge on any atom is -0.335 e. The lowest BCUT2D eigenvalue weighted by Gasteiger charge is -2.21. The van der Waals surface area contributed by atoms with Gasteiger partial charge in [0.05, 0.1) is 5.02 Å². The monoisotopic (exact) mass is 365 g/mol. The lowest BCUT2D eigenvalue weighted by Crippen LogP contribution is -2.30. The summed E-state index contributed by atoms with van der Waals surface area (Å²) in [6.07, 6.45) is 0. The quantitative estimate of drug-likeness (QED) is 0.739. The second kappa shape index (κ2) is 7.10. The van der Waals surface area contributed by atoms with Gasteiger partial charge in [-0.05, 0) is 53.5 Å². The minimum atomic E-state index is 0.0105. The summed E-state index contributed by atoms with van der Waals surface area (Å²) in [7, 11) is 0. The number of nitrogens with zero attached hydrogens (tertiary/aromatic N) is 1. The summed E-state index contributed by atoms with van der Waals surface area (Å²) in [5.74, 6) is 0.0105. The summed E-state index contributed by atoms with van der Waals surface area (Å²) in [5.41, 5.74) is 2.98. The van der Waals surface area contributed by atoms with Crippen molar-refractivity contribution in [3.63, 3.8) is 0 Å². The van der Waals surface area contributed by atoms with Crippen molar-refractivity contribution in [2.24, 2.45) is 0 Å². The number of carbonyl (C=O) groups excluding carboxylic acids is 1. The van der Waals surface area contributed by atoms with Crippen LogP contribution in [0.2, 0.25) is 5.02 Å². The lowest BCUT2D eigenvalue weighted by molar-refractivity contribution is 0.0752. The molecule has 0 radical (unpaired) electrons. The highest BCUT2D eigenvalue weighted by Crippen LogP contribution is 2.24. The Kier molecular flexibility index (Phi) is 5.43. The van der Waals surface area contributed by atoms with Gasteiger partial charge in [-0.1, -0.05) is 41.4 Å². The molecule has 0 unspecified atom stereocenters. The number of rotatable bonds is 4. The number of aryl methyl sites for hydroxylation is 1. The smallest absolute Gasteiger partial charge is 0.254 e. The maximum absolute atomic E-state index is 12.6. The summed E-state index contributed by atoms with van der Waals surface area (Å²) in [6.45, 7) is 5.31. The average molecular weight is 367 g/mol. The molecule has 2 rings (SSSR count). The predicted molar refractivity (Wildman–Crippen MR) is 90.7 cm³/mol. The van der Waals surface area contributed by atoms with Gasteiger partial charge in [0.2, 0.25) is 0 Å². The van der Waals surface area contributed by atoms with Crippen molar-refractivity contribution in [1.82, 2.24) is 4.90 Å². The summed E-state index contributed by atoms with van der Waals surface area (Å²) in [5, 5.41) is 0.605. The van der Waals surface area contributed by atoms with Crippen LogP contribution in [0.4, 0.5) is 0 Å². The molecule has 2 nitrogen and oxygen atoms in total. The van der Waals surface area contributed by atoms with Crippen LogP contribution in [0, 0.1) is 6.92 Å². The van der Waals surface area contributed by atoms with E-state index in [9.17, 15) is 4.79 Å². The summed E-state index contributed by atoms with van der Waals surface area (Å²) >= 11 is 9.33. The number of benzene rings is 2. The second-order valence-electron chi connectivity index (χ2n) is 4.94. The lowest BCUT2D eigenvalue weighted by atomic mass is 10.1. The van der Waals surface area contributed by atoms with Crippen LogP contribution >= 0.6 is 27.5 Å². The van der Waals surface area contributed by atoms with E-state index < -0.39 is 0 Å². The van der Waals surface area contributed by atoms with Crippen LogP contribution in [0.1, 0.15) is 28.4 Å². The van der Waals surface area contributed by atoms with Gasteiger partial charge in [-0.2, -0.15) is 0 Å². The van der Waals surface area contributed by atoms with Crippen molar-refractivity contribution >= 4 is 33.4 Å². The maximum atomic E-state index is 12.6. The Labute approximate surface area is 138 Å². The Morgan fingerprint density at radius 3 is 2.62 bits per heavy atom. The van der Waals surface area contributed by atoms with E-state index in [0.29, 0.717) is 23.7 Å². The molecule has 21 heavy (non-hydrogen) atoms. The van der Waals surface area contributed by atoms with Gasteiger partial charge in [0, 0.05) is 23.1 Å². The molecule has 110 valence electrons. The minimum absolute atomic E-state index is 0.0105. The zero-order chi connectivity index (χ0) is 15.4. The van der Waals surface area contributed by atoms with Crippen molar-refractivity contribution in [3.8, 4) is 0 Å². The SMILES string of the molecule is CCN(Cc1cccc(C)c1)C(=O)c1ccc(Cl)c(Br)c1. The number of halogens is 2. The van der Waals surface area contributed by atoms with Gasteiger partial charge >= 0.3 is 0 Å². The fourth-order valence-electron chi connectivity index (χ4n) is 2.17. The zero-order valence-electron chi connectivity index (χ0n) is 12.1. The van der Waals surface area contributed by atoms with E-state index in [1.54, 1.807) is 18.2 Å². The highest BCUT2D eigenvalue weighted by Gasteiger charge is 2.15. The topological polar surface area (TPSA) is 20.3 Å². The number of hydrogen-bond donors (Lipinski definition) is 0. The molecule has 4 heteroatoms. The van der Waals surface area contributed by atoms with E-state index in [-0.39, 0.29) is 5.91 Å². The standard InChI is InChI=1S/C17H17BrClNO/c1-3-20(11-13-6-4-5-12(2)9-13)17(21)14-7-8-16(19)15(18)10-14/h4-10H,3,11H2,1-2H3. The maximum Gasteiger partial charge on any atom is 0.254 e. The molecule has 0 heterocycles. The molecule has 2 aromatic carbocycles. The fourth-order valence-corrected chi connectivity index (χ4v) is 2.67. The van der Waals surface area contributed by atoms with Crippen LogP contribution in [-0.4, -0.2) is 17.4 Å². The van der Waals surface area contributed by atoms with Gasteiger partial charge in [-0.15, -0.1) is 0 Å². The molecule has 0 aliphatic carbocycles. The molecule has 0 aromatic heterocycles. The van der Waals surface area contributed by atoms with E-state index in [2.05, 4.69) is 35.0 Å². The summed E-state index contributed by atoms with van der Waals surface area (Å²) in [6, 6.07) is 13.5. The van der Waals surface area contributed by atoms with Crippen LogP contribution in [0.3, 0.4) is 0 Å². The van der Waals surface area contributed by atoms with Gasteiger partial charge in [0.25, 0.3) is 5.91 Å². The third-order valence-electron chi connectivity index (χ3n) is 3.29. The van der Waals surface area contributed by atoms with Gasteiger partial charge in [0.15, 0.2) is 0 Å². The van der Waals surface area contributed by atoms with E-state index in [4.69, 9.17) is 11.6 Å². The molecule has 0 bridgehead atoms. The van der Waals surface area contributed by atoms with E-state index in [1.165, 1.54) is 5.56 Å². The van der Waals surface area contributed by atoms with Crippen molar-refractivity contribution in [1.29, 1.82) is 0 Å². The van der Waals surface area contributed by atoms with E-state index >= 15 is 0 Å². The first kappa shape index (κ1) is 16.1. The van der Waals surface area contributed by atoms with Crippen molar-refractivity contribution < 1.29 is 4.79 Å². The van der Waals surface area contributed by atoms with E-state index in [0.717, 1.165) is 10.0 Å². The van der Waals surface area contributed by atoms with E-state index in [1.807, 2.05) is 24.0 Å². The molecule has 2 aromatic rings. The molecule has 0 fully saturated rings. The van der Waals surface area contributed by atoms with Gasteiger partial charge in [0.1, 0.15) is 0 Å². The molecular formula is C17H17BrClNO. The van der Waals surface area contributed by atoms with Crippen LogP contribution in [0.25, 0.3) is 0 Å². The number of carbonyl (C=O) groups is 1. The summed E-state index contributed by atoms with van der Waals surface area (Å²) in [4.78, 5) is 14.4. The highest BCUT2D eigenvalue weighted by molar-refractivity contribution is 9.10. The number of hydrogen-bond acceptors (Lipinski definition) is 1. The largest absolute Gasteiger partial charge is 0.335 e. The molecule has 0 aliphatic heterocycles. The molecule has 0 spiro atoms. The first-order chi connectivity index (χ1) is 10.0. The molecule has 0 saturated carbocycles. The van der Waals surface area contributed by atoms with Gasteiger partial charge in [-0.25, -0.2) is 0 Å². The molecule has 0 N–H and O–H groups in total. The average Bonchev–Trinajstić information content (AvgIpc) is 2.47. The predicted octanol–water partition coefficient (Wildman–Crippen LogP) is 5.07. The third-order valence-corrected chi connectivity index (χ3v) is 4.51. The molecule has 0 aliphatic rings. The van der Waals surface area contributed by atoms with Crippen LogP contribution in [-0.2, 0) is 6.54 Å². The Balaban J connectivity index is 2.20. The second-order valence-corrected chi connectivity index (χ2v) is 6.20. The molecule has 1 amide bonds. The van der Waals surface area contributed by atoms with Crippen LogP contribution < -0.4 is 0 Å². The Morgan fingerprint density at radius 2 is 2.00 bits per heavy atom. The fraction of sp³-hybridized carbons (Fsp3) is 0.235. The van der Waals surface area contributed by atoms with Crippen molar-refractivity contribution in [2.45, 2.75) is 20.4 Å². The van der Waals surface area contributed by atoms with Crippen molar-refractivity contribution in [3.05, 3.63) is 68.7 Å². The van der Waals surface area contributed by atoms with Crippen LogP contribution in [0.5, 0.6) is 0 Å². The van der Waals surface area contributed by atoms with Crippen LogP contribution in [0.15, 0.2) is 46.9 Å². The number of amides is 1. The Bertz CT molecular complexity index is 657.